The summed E-state index contributed by atoms with van der Waals surface area (Å²) in [4.78, 5) is 12.5. The minimum absolute atomic E-state index is 0.00778. The molecular weight excluding hydrogens is 396 g/mol. The van der Waals surface area contributed by atoms with Crippen LogP contribution in [0.15, 0.2) is 35.3 Å². The third-order valence-corrected chi connectivity index (χ3v) is 5.32. The molecule has 0 saturated carbocycles. The van der Waals surface area contributed by atoms with Crippen molar-refractivity contribution >= 4 is 51.6 Å². The van der Waals surface area contributed by atoms with E-state index in [0.29, 0.717) is 5.02 Å². The highest BCUT2D eigenvalue weighted by molar-refractivity contribution is 7.08. The number of nitrogen functional groups attached to an aromatic ring is 2. The van der Waals surface area contributed by atoms with Gasteiger partial charge in [-0.3, -0.25) is 0 Å². The van der Waals surface area contributed by atoms with Gasteiger partial charge in [-0.25, -0.2) is 4.98 Å². The Morgan fingerprint density at radius 1 is 1.32 bits per heavy atom. The number of nitriles is 1. The number of fused-ring (bicyclic) bond motifs is 1. The number of rotatable bonds is 4. The second kappa shape index (κ2) is 6.99. The lowest BCUT2D eigenvalue weighted by Gasteiger charge is -2.16. The number of hydrogen-bond acceptors (Lipinski definition) is 8. The van der Waals surface area contributed by atoms with Gasteiger partial charge in [-0.15, -0.1) is 0 Å². The highest BCUT2D eigenvalue weighted by atomic mass is 35.5. The van der Waals surface area contributed by atoms with Crippen LogP contribution >= 0.6 is 22.9 Å². The van der Waals surface area contributed by atoms with Gasteiger partial charge in [0.15, 0.2) is 5.82 Å². The molecule has 0 aliphatic carbocycles. The minimum atomic E-state index is -0.259. The van der Waals surface area contributed by atoms with E-state index in [2.05, 4.69) is 20.3 Å². The Morgan fingerprint density at radius 2 is 2.14 bits per heavy atom. The largest absolute Gasteiger partial charge is 0.382 e. The van der Waals surface area contributed by atoms with Gasteiger partial charge in [0.25, 0.3) is 0 Å². The number of hydrogen-bond donors (Lipinski definition) is 3. The minimum Gasteiger partial charge on any atom is -0.382 e. The second-order valence-electron chi connectivity index (χ2n) is 6.10. The molecule has 1 atom stereocenters. The molecule has 4 aromatic rings. The molecule has 4 aromatic heterocycles. The summed E-state index contributed by atoms with van der Waals surface area (Å²) < 4.78 is 1.99. The first kappa shape index (κ1) is 18.0. The Kier molecular flexibility index (Phi) is 4.50. The fraction of sp³-hybridized carbons (Fsp3) is 0.111. The predicted molar refractivity (Wildman–Crippen MR) is 112 cm³/mol. The molecule has 0 aliphatic rings. The number of anilines is 3. The van der Waals surface area contributed by atoms with Crippen LogP contribution in [-0.4, -0.2) is 19.5 Å². The van der Waals surface area contributed by atoms with E-state index in [1.807, 2.05) is 40.6 Å². The maximum Gasteiger partial charge on any atom is 0.224 e. The molecule has 5 N–H and O–H groups in total. The van der Waals surface area contributed by atoms with Crippen molar-refractivity contribution in [1.29, 1.82) is 5.26 Å². The molecular formula is C18H15ClN8S. The molecule has 4 rings (SSSR count). The van der Waals surface area contributed by atoms with E-state index in [1.165, 1.54) is 0 Å². The molecule has 0 bridgehead atoms. The average molecular weight is 411 g/mol. The quantitative estimate of drug-likeness (QED) is 0.466. The van der Waals surface area contributed by atoms with E-state index >= 15 is 0 Å². The molecule has 140 valence electrons. The molecule has 0 aliphatic heterocycles. The van der Waals surface area contributed by atoms with E-state index in [1.54, 1.807) is 23.6 Å². The van der Waals surface area contributed by atoms with Gasteiger partial charge < -0.3 is 21.4 Å². The van der Waals surface area contributed by atoms with Crippen molar-refractivity contribution in [2.75, 3.05) is 16.8 Å². The Morgan fingerprint density at radius 3 is 2.86 bits per heavy atom. The van der Waals surface area contributed by atoms with Crippen LogP contribution in [0.2, 0.25) is 5.02 Å². The molecule has 28 heavy (non-hydrogen) atoms. The first-order valence-corrected chi connectivity index (χ1v) is 9.59. The number of nitrogens with zero attached hydrogens (tertiary/aromatic N) is 5. The fourth-order valence-electron chi connectivity index (χ4n) is 3.06. The summed E-state index contributed by atoms with van der Waals surface area (Å²) in [6, 6.07) is 5.51. The third-order valence-electron chi connectivity index (χ3n) is 4.34. The van der Waals surface area contributed by atoms with Crippen molar-refractivity contribution in [2.45, 2.75) is 13.0 Å². The van der Waals surface area contributed by atoms with Gasteiger partial charge in [0.2, 0.25) is 5.95 Å². The van der Waals surface area contributed by atoms with Gasteiger partial charge in [0.1, 0.15) is 23.1 Å². The lowest BCUT2D eigenvalue weighted by Crippen LogP contribution is -2.13. The summed E-state index contributed by atoms with van der Waals surface area (Å²) in [6.07, 6.45) is 3.65. The average Bonchev–Trinajstić information content (AvgIpc) is 3.29. The summed E-state index contributed by atoms with van der Waals surface area (Å²) in [5, 5.41) is 18.0. The normalized spacial score (nSPS) is 12.0. The van der Waals surface area contributed by atoms with Crippen LogP contribution in [0.3, 0.4) is 0 Å². The van der Waals surface area contributed by atoms with Crippen LogP contribution < -0.4 is 16.8 Å². The Hall–Kier alpha value is -3.35. The molecule has 0 fully saturated rings. The highest BCUT2D eigenvalue weighted by Gasteiger charge is 2.21. The van der Waals surface area contributed by atoms with Crippen LogP contribution in [-0.2, 0) is 0 Å². The molecule has 0 spiro atoms. The summed E-state index contributed by atoms with van der Waals surface area (Å²) in [5.74, 6) is 0.299. The van der Waals surface area contributed by atoms with E-state index in [-0.39, 0.29) is 29.2 Å². The summed E-state index contributed by atoms with van der Waals surface area (Å²) in [6.45, 7) is 1.94. The monoisotopic (exact) mass is 410 g/mol. The van der Waals surface area contributed by atoms with Gasteiger partial charge in [-0.05, 0) is 24.4 Å². The molecule has 10 heteroatoms. The number of aromatic nitrogens is 4. The van der Waals surface area contributed by atoms with Crippen molar-refractivity contribution in [3.05, 3.63) is 51.4 Å². The lowest BCUT2D eigenvalue weighted by molar-refractivity contribution is 0.875. The molecule has 8 nitrogen and oxygen atoms in total. The van der Waals surface area contributed by atoms with Crippen molar-refractivity contribution in [3.8, 4) is 11.8 Å². The number of pyridine rings is 1. The van der Waals surface area contributed by atoms with Crippen LogP contribution in [0.4, 0.5) is 17.6 Å². The Balaban J connectivity index is 1.83. The SMILES string of the molecule is C[C@H](Nc1nc(N)nc(N)c1C#N)c1cn(-c2ccsc2)c2nccc(Cl)c12. The molecule has 0 amide bonds. The number of nitrogens with two attached hydrogens (primary N) is 2. The van der Waals surface area contributed by atoms with Gasteiger partial charge in [-0.2, -0.15) is 26.6 Å². The molecule has 0 radical (unpaired) electrons. The lowest BCUT2D eigenvalue weighted by atomic mass is 10.1. The van der Waals surface area contributed by atoms with E-state index in [9.17, 15) is 5.26 Å². The van der Waals surface area contributed by atoms with Crippen molar-refractivity contribution in [3.63, 3.8) is 0 Å². The maximum atomic E-state index is 9.39. The van der Waals surface area contributed by atoms with E-state index in [4.69, 9.17) is 23.1 Å². The first-order valence-electron chi connectivity index (χ1n) is 8.27. The van der Waals surface area contributed by atoms with Gasteiger partial charge in [0, 0.05) is 28.7 Å². The van der Waals surface area contributed by atoms with Crippen molar-refractivity contribution in [2.24, 2.45) is 0 Å². The van der Waals surface area contributed by atoms with E-state index < -0.39 is 0 Å². The Bertz CT molecular complexity index is 1210. The zero-order chi connectivity index (χ0) is 19.8. The van der Waals surface area contributed by atoms with Crippen LogP contribution in [0.5, 0.6) is 0 Å². The van der Waals surface area contributed by atoms with Crippen molar-refractivity contribution in [1.82, 2.24) is 19.5 Å². The fourth-order valence-corrected chi connectivity index (χ4v) is 3.93. The van der Waals surface area contributed by atoms with Gasteiger partial charge in [0.05, 0.1) is 16.8 Å². The first-order chi connectivity index (χ1) is 13.5. The highest BCUT2D eigenvalue weighted by Crippen LogP contribution is 2.35. The predicted octanol–water partition coefficient (Wildman–Crippen LogP) is 3.74. The number of halogens is 1. The smallest absolute Gasteiger partial charge is 0.224 e. The molecule has 4 heterocycles. The summed E-state index contributed by atoms with van der Waals surface area (Å²) in [5.41, 5.74) is 14.3. The summed E-state index contributed by atoms with van der Waals surface area (Å²) >= 11 is 8.09. The molecule has 0 unspecified atom stereocenters. The van der Waals surface area contributed by atoms with Crippen LogP contribution in [0, 0.1) is 11.3 Å². The molecule has 0 saturated heterocycles. The van der Waals surface area contributed by atoms with Gasteiger partial charge in [-0.1, -0.05) is 11.6 Å². The maximum absolute atomic E-state index is 9.39. The van der Waals surface area contributed by atoms with Gasteiger partial charge >= 0.3 is 0 Å². The van der Waals surface area contributed by atoms with E-state index in [0.717, 1.165) is 22.3 Å². The van der Waals surface area contributed by atoms with Crippen molar-refractivity contribution < 1.29 is 0 Å². The molecule has 0 aromatic carbocycles. The zero-order valence-electron chi connectivity index (χ0n) is 14.7. The number of nitrogens with one attached hydrogen (secondary N) is 1. The standard InChI is InChI=1S/C18H15ClN8S/c1-9(24-16-11(6-20)15(21)25-18(22)26-16)12-7-27(10-3-5-28-8-10)17-14(12)13(19)2-4-23-17/h2-5,7-9H,1H3,(H5,21,22,24,25,26)/t9-/m0/s1. The third kappa shape index (κ3) is 2.98. The van der Waals surface area contributed by atoms with Crippen LogP contribution in [0.25, 0.3) is 16.7 Å². The van der Waals surface area contributed by atoms with Crippen LogP contribution in [0.1, 0.15) is 24.1 Å². The second-order valence-corrected chi connectivity index (χ2v) is 7.28. The Labute approximate surface area is 169 Å². The topological polar surface area (TPSA) is 131 Å². The zero-order valence-corrected chi connectivity index (χ0v) is 16.3. The number of thiophene rings is 1. The summed E-state index contributed by atoms with van der Waals surface area (Å²) in [7, 11) is 0.